The van der Waals surface area contributed by atoms with Crippen LogP contribution in [0.2, 0.25) is 15.1 Å². The zero-order valence-corrected chi connectivity index (χ0v) is 21.0. The summed E-state index contributed by atoms with van der Waals surface area (Å²) in [7, 11) is -4.33. The Balaban J connectivity index is 1.66. The molecule has 0 radical (unpaired) electrons. The van der Waals surface area contributed by atoms with E-state index >= 15 is 0 Å². The summed E-state index contributed by atoms with van der Waals surface area (Å²) in [5.74, 6) is -0.154. The minimum absolute atomic E-state index is 0.00267. The Morgan fingerprint density at radius 1 is 0.686 bits per heavy atom. The molecule has 4 aromatic rings. The lowest BCUT2D eigenvalue weighted by molar-refractivity contribution is 0.102. The Morgan fingerprint density at radius 3 is 1.86 bits per heavy atom. The molecule has 0 aliphatic rings. The molecule has 0 aromatic heterocycles. The van der Waals surface area contributed by atoms with E-state index in [0.717, 1.165) is 0 Å². The number of carbonyl (C=O) groups excluding carboxylic acids is 1. The van der Waals surface area contributed by atoms with Gasteiger partial charge in [-0.1, -0.05) is 71.2 Å². The minimum atomic E-state index is -4.33. The van der Waals surface area contributed by atoms with E-state index < -0.39 is 13.7 Å². The molecule has 0 aliphatic heterocycles. The molecule has 1 N–H and O–H groups in total. The molecule has 0 aliphatic carbocycles. The highest BCUT2D eigenvalue weighted by molar-refractivity contribution is 7.49. The molecule has 178 valence electrons. The number of phosphoric ester groups is 1. The van der Waals surface area contributed by atoms with Crippen molar-refractivity contribution < 1.29 is 22.9 Å². The summed E-state index contributed by atoms with van der Waals surface area (Å²) < 4.78 is 30.8. The molecule has 0 bridgehead atoms. The van der Waals surface area contributed by atoms with Gasteiger partial charge in [0, 0.05) is 10.7 Å². The third kappa shape index (κ3) is 6.71. The highest BCUT2D eigenvalue weighted by atomic mass is 35.5. The number of hydrogen-bond acceptors (Lipinski definition) is 5. The van der Waals surface area contributed by atoms with E-state index in [1.807, 2.05) is 0 Å². The number of nitrogens with one attached hydrogen (secondary N) is 1. The third-order valence-electron chi connectivity index (χ3n) is 4.49. The zero-order chi connectivity index (χ0) is 24.8. The summed E-state index contributed by atoms with van der Waals surface area (Å²) in [5.41, 5.74) is 0.386. The first kappa shape index (κ1) is 25.0. The molecule has 0 unspecified atom stereocenters. The molecule has 0 heterocycles. The molecule has 0 atom stereocenters. The van der Waals surface area contributed by atoms with E-state index in [1.54, 1.807) is 72.8 Å². The van der Waals surface area contributed by atoms with Crippen LogP contribution in [0, 0.1) is 0 Å². The Hall–Kier alpha value is -3.15. The molecule has 0 saturated heterocycles. The van der Waals surface area contributed by atoms with Gasteiger partial charge in [0.25, 0.3) is 5.91 Å². The molecule has 0 spiro atoms. The lowest BCUT2D eigenvalue weighted by Gasteiger charge is -2.21. The van der Waals surface area contributed by atoms with E-state index in [9.17, 15) is 9.36 Å². The fourth-order valence-electron chi connectivity index (χ4n) is 2.93. The maximum absolute atomic E-state index is 13.8. The van der Waals surface area contributed by atoms with Crippen LogP contribution in [-0.4, -0.2) is 5.91 Å². The van der Waals surface area contributed by atoms with Crippen LogP contribution in [0.3, 0.4) is 0 Å². The zero-order valence-electron chi connectivity index (χ0n) is 17.9. The topological polar surface area (TPSA) is 73.9 Å². The fourth-order valence-corrected chi connectivity index (χ4v) is 4.67. The van der Waals surface area contributed by atoms with Crippen LogP contribution >= 0.6 is 42.6 Å². The minimum Gasteiger partial charge on any atom is -0.386 e. The number of phosphoric acid groups is 1. The van der Waals surface area contributed by atoms with Gasteiger partial charge < -0.3 is 18.9 Å². The van der Waals surface area contributed by atoms with Crippen molar-refractivity contribution in [3.8, 4) is 17.2 Å². The van der Waals surface area contributed by atoms with Gasteiger partial charge in [-0.25, -0.2) is 0 Å². The summed E-state index contributed by atoms with van der Waals surface area (Å²) in [5, 5.41) is 3.56. The number of rotatable bonds is 8. The molecular formula is C25H17Cl3NO5P. The summed E-state index contributed by atoms with van der Waals surface area (Å²) in [6, 6.07) is 25.7. The van der Waals surface area contributed by atoms with Crippen LogP contribution in [0.5, 0.6) is 17.2 Å². The van der Waals surface area contributed by atoms with Gasteiger partial charge >= 0.3 is 7.82 Å². The predicted molar refractivity (Wildman–Crippen MR) is 138 cm³/mol. The Morgan fingerprint density at radius 2 is 1.29 bits per heavy atom. The van der Waals surface area contributed by atoms with E-state index in [4.69, 9.17) is 48.4 Å². The van der Waals surface area contributed by atoms with E-state index in [2.05, 4.69) is 5.32 Å². The third-order valence-corrected chi connectivity index (χ3v) is 6.76. The summed E-state index contributed by atoms with van der Waals surface area (Å²) >= 11 is 18.1. The van der Waals surface area contributed by atoms with Crippen LogP contribution < -0.4 is 18.9 Å². The fraction of sp³-hybridized carbons (Fsp3) is 0. The monoisotopic (exact) mass is 547 g/mol. The average Bonchev–Trinajstić information content (AvgIpc) is 2.83. The number of para-hydroxylation sites is 2. The summed E-state index contributed by atoms with van der Waals surface area (Å²) in [6.45, 7) is 0. The first-order valence-electron chi connectivity index (χ1n) is 10.2. The van der Waals surface area contributed by atoms with Crippen LogP contribution in [0.15, 0.2) is 97.1 Å². The van der Waals surface area contributed by atoms with Crippen LogP contribution in [0.1, 0.15) is 10.4 Å². The van der Waals surface area contributed by atoms with Crippen molar-refractivity contribution in [3.63, 3.8) is 0 Å². The molecule has 10 heteroatoms. The summed E-state index contributed by atoms with van der Waals surface area (Å²) in [4.78, 5) is 13.1. The molecule has 35 heavy (non-hydrogen) atoms. The highest BCUT2D eigenvalue weighted by Crippen LogP contribution is 2.50. The van der Waals surface area contributed by atoms with Gasteiger partial charge in [0.2, 0.25) is 0 Å². The molecule has 6 nitrogen and oxygen atoms in total. The Kier molecular flexibility index (Phi) is 7.89. The largest absolute Gasteiger partial charge is 0.647 e. The Labute approximate surface area is 216 Å². The molecule has 4 rings (SSSR count). The van der Waals surface area contributed by atoms with Crippen LogP contribution in [-0.2, 0) is 4.57 Å². The second-order valence-electron chi connectivity index (χ2n) is 7.07. The van der Waals surface area contributed by atoms with E-state index in [-0.39, 0.29) is 32.9 Å². The maximum atomic E-state index is 13.8. The smallest absolute Gasteiger partial charge is 0.386 e. The van der Waals surface area contributed by atoms with Crippen LogP contribution in [0.4, 0.5) is 5.69 Å². The molecule has 0 saturated carbocycles. The molecule has 1 amide bonds. The lowest BCUT2D eigenvalue weighted by Crippen LogP contribution is -2.15. The second kappa shape index (κ2) is 11.1. The van der Waals surface area contributed by atoms with Crippen molar-refractivity contribution in [1.82, 2.24) is 0 Å². The molecular weight excluding hydrogens is 532 g/mol. The normalized spacial score (nSPS) is 10.9. The predicted octanol–water partition coefficient (Wildman–Crippen LogP) is 8.54. The molecule has 4 aromatic carbocycles. The van der Waals surface area contributed by atoms with Gasteiger partial charge in [0.15, 0.2) is 0 Å². The van der Waals surface area contributed by atoms with Crippen molar-refractivity contribution >= 4 is 54.2 Å². The van der Waals surface area contributed by atoms with Gasteiger partial charge in [-0.3, -0.25) is 4.79 Å². The first-order chi connectivity index (χ1) is 16.8. The van der Waals surface area contributed by atoms with E-state index in [0.29, 0.717) is 10.7 Å². The SMILES string of the molecule is O=C(Nc1ccc(Cl)c(Cl)c1)c1cc(Cl)ccc1OP(=O)(Oc1ccccc1)Oc1ccccc1. The second-order valence-corrected chi connectivity index (χ2v) is 9.76. The number of hydrogen-bond donors (Lipinski definition) is 1. The van der Waals surface area contributed by atoms with Gasteiger partial charge in [-0.05, 0) is 60.7 Å². The maximum Gasteiger partial charge on any atom is 0.647 e. The summed E-state index contributed by atoms with van der Waals surface area (Å²) in [6.07, 6.45) is 0. The Bertz CT molecular complexity index is 1340. The highest BCUT2D eigenvalue weighted by Gasteiger charge is 2.35. The number of amides is 1. The van der Waals surface area contributed by atoms with Crippen molar-refractivity contribution in [3.05, 3.63) is 118 Å². The number of benzene rings is 4. The van der Waals surface area contributed by atoms with Crippen molar-refractivity contribution in [2.75, 3.05) is 5.32 Å². The van der Waals surface area contributed by atoms with Crippen molar-refractivity contribution in [1.29, 1.82) is 0 Å². The van der Waals surface area contributed by atoms with Gasteiger partial charge in [0.1, 0.15) is 17.2 Å². The number of halogens is 3. The van der Waals surface area contributed by atoms with Crippen molar-refractivity contribution in [2.24, 2.45) is 0 Å². The van der Waals surface area contributed by atoms with Gasteiger partial charge in [-0.15, -0.1) is 0 Å². The van der Waals surface area contributed by atoms with Gasteiger partial charge in [-0.2, -0.15) is 4.57 Å². The average molecular weight is 549 g/mol. The molecule has 0 fully saturated rings. The van der Waals surface area contributed by atoms with Crippen LogP contribution in [0.25, 0.3) is 0 Å². The number of anilines is 1. The van der Waals surface area contributed by atoms with Crippen molar-refractivity contribution in [2.45, 2.75) is 0 Å². The standard InChI is InChI=1S/C25H17Cl3NO5P/c26-17-11-14-24(21(15-17)25(30)29-18-12-13-22(27)23(28)16-18)34-35(31,32-19-7-3-1-4-8-19)33-20-9-5-2-6-10-20/h1-16H,(H,29,30). The first-order valence-corrected chi connectivity index (χ1v) is 12.8. The van der Waals surface area contributed by atoms with E-state index in [1.165, 1.54) is 24.3 Å². The lowest BCUT2D eigenvalue weighted by atomic mass is 10.2. The number of carbonyl (C=O) groups is 1. The van der Waals surface area contributed by atoms with Gasteiger partial charge in [0.05, 0.1) is 15.6 Å². The quantitative estimate of drug-likeness (QED) is 0.223.